The second-order valence-corrected chi connectivity index (χ2v) is 10.0. The Morgan fingerprint density at radius 3 is 2.38 bits per heavy atom. The van der Waals surface area contributed by atoms with Gasteiger partial charge in [-0.05, 0) is 30.3 Å². The molecule has 0 aliphatic rings. The van der Waals surface area contributed by atoms with Gasteiger partial charge >= 0.3 is 11.7 Å². The number of nitrogen functional groups attached to an aromatic ring is 1. The van der Waals surface area contributed by atoms with Gasteiger partial charge in [0.25, 0.3) is 15.6 Å². The highest BCUT2D eigenvalue weighted by atomic mass is 35.5. The van der Waals surface area contributed by atoms with Gasteiger partial charge in [0.05, 0.1) is 27.7 Å². The van der Waals surface area contributed by atoms with Crippen LogP contribution in [0.1, 0.15) is 20.7 Å². The molecule has 2 N–H and O–H groups in total. The minimum Gasteiger partial charge on any atom is -0.454 e. The fraction of sp³-hybridized carbons (Fsp3) is 0.167. The van der Waals surface area contributed by atoms with Gasteiger partial charge in [0.15, 0.2) is 6.61 Å². The van der Waals surface area contributed by atoms with E-state index in [2.05, 4.69) is 6.58 Å². The predicted molar refractivity (Wildman–Crippen MR) is 139 cm³/mol. The van der Waals surface area contributed by atoms with Crippen LogP contribution in [-0.2, 0) is 28.9 Å². The highest BCUT2D eigenvalue weighted by molar-refractivity contribution is 7.92. The number of para-hydroxylation sites is 1. The Balaban J connectivity index is 1.90. The molecule has 0 saturated heterocycles. The van der Waals surface area contributed by atoms with E-state index in [1.807, 2.05) is 0 Å². The van der Waals surface area contributed by atoms with Crippen LogP contribution in [0.3, 0.4) is 0 Å². The van der Waals surface area contributed by atoms with Gasteiger partial charge in [-0.1, -0.05) is 35.9 Å². The van der Waals surface area contributed by atoms with E-state index in [0.29, 0.717) is 10.3 Å². The van der Waals surface area contributed by atoms with E-state index >= 15 is 0 Å². The summed E-state index contributed by atoms with van der Waals surface area (Å²) in [6.45, 7) is 2.65. The fourth-order valence-corrected chi connectivity index (χ4v) is 5.06. The van der Waals surface area contributed by atoms with Crippen molar-refractivity contribution in [3.8, 4) is 0 Å². The Morgan fingerprint density at radius 2 is 1.76 bits per heavy atom. The molecule has 11 nitrogen and oxygen atoms in total. The first-order valence-electron chi connectivity index (χ1n) is 10.7. The number of rotatable bonds is 9. The zero-order valence-electron chi connectivity index (χ0n) is 19.9. The Bertz CT molecular complexity index is 1610. The summed E-state index contributed by atoms with van der Waals surface area (Å²) in [6, 6.07) is 11.8. The van der Waals surface area contributed by atoms with Crippen LogP contribution in [0.4, 0.5) is 11.5 Å². The number of hydrogen-bond acceptors (Lipinski definition) is 8. The number of carbonyl (C=O) groups excluding carboxylic acids is 2. The van der Waals surface area contributed by atoms with E-state index in [-0.39, 0.29) is 27.8 Å². The minimum absolute atomic E-state index is 0.0424. The second kappa shape index (κ2) is 10.8. The van der Waals surface area contributed by atoms with Gasteiger partial charge in [0.2, 0.25) is 5.78 Å². The number of ketones is 1. The van der Waals surface area contributed by atoms with Crippen LogP contribution in [0.15, 0.2) is 75.7 Å². The molecule has 1 heterocycles. The maximum atomic E-state index is 13.4. The molecular formula is C24H23ClN4O7S. The molecule has 3 aromatic rings. The zero-order chi connectivity index (χ0) is 27.5. The van der Waals surface area contributed by atoms with Gasteiger partial charge in [0, 0.05) is 14.1 Å². The number of benzene rings is 2. The number of halogens is 1. The lowest BCUT2D eigenvalue weighted by Gasteiger charge is -2.23. The first kappa shape index (κ1) is 27.4. The number of esters is 1. The highest BCUT2D eigenvalue weighted by Crippen LogP contribution is 2.27. The summed E-state index contributed by atoms with van der Waals surface area (Å²) in [5.74, 6) is -2.45. The third-order valence-electron chi connectivity index (χ3n) is 5.41. The summed E-state index contributed by atoms with van der Waals surface area (Å²) in [7, 11) is -1.71. The molecule has 194 valence electrons. The van der Waals surface area contributed by atoms with Crippen molar-refractivity contribution >= 4 is 44.9 Å². The van der Waals surface area contributed by atoms with E-state index in [1.165, 1.54) is 32.3 Å². The summed E-state index contributed by atoms with van der Waals surface area (Å²) in [4.78, 5) is 49.4. The maximum absolute atomic E-state index is 13.4. The van der Waals surface area contributed by atoms with Crippen molar-refractivity contribution in [3.05, 3.63) is 98.2 Å². The van der Waals surface area contributed by atoms with E-state index in [9.17, 15) is 27.6 Å². The molecule has 0 radical (unpaired) electrons. The van der Waals surface area contributed by atoms with Gasteiger partial charge in [0.1, 0.15) is 11.4 Å². The van der Waals surface area contributed by atoms with Crippen LogP contribution < -0.4 is 21.3 Å². The summed E-state index contributed by atoms with van der Waals surface area (Å²) in [5.41, 5.74) is 3.61. The van der Waals surface area contributed by atoms with E-state index in [4.69, 9.17) is 22.1 Å². The maximum Gasteiger partial charge on any atom is 0.340 e. The molecule has 2 aromatic carbocycles. The Kier molecular flexibility index (Phi) is 8.04. The number of hydrogen-bond donors (Lipinski definition) is 1. The lowest BCUT2D eigenvalue weighted by atomic mass is 10.2. The van der Waals surface area contributed by atoms with Crippen molar-refractivity contribution in [1.82, 2.24) is 9.13 Å². The lowest BCUT2D eigenvalue weighted by Crippen LogP contribution is -2.42. The number of aromatic nitrogens is 2. The number of nitrogens with two attached hydrogens (primary N) is 1. The fourth-order valence-electron chi connectivity index (χ4n) is 3.41. The summed E-state index contributed by atoms with van der Waals surface area (Å²) in [6.07, 6.45) is 1.41. The lowest BCUT2D eigenvalue weighted by molar-refractivity contribution is 0.0474. The Labute approximate surface area is 217 Å². The average molecular weight is 547 g/mol. The van der Waals surface area contributed by atoms with Crippen LogP contribution in [0.5, 0.6) is 0 Å². The normalized spacial score (nSPS) is 11.1. The number of Topliss-reactive ketones (excluding diaryl/α,β-unsaturated/α-hetero) is 1. The molecule has 37 heavy (non-hydrogen) atoms. The smallest absolute Gasteiger partial charge is 0.340 e. The van der Waals surface area contributed by atoms with Gasteiger partial charge in [-0.25, -0.2) is 18.0 Å². The molecule has 0 fully saturated rings. The molecular weight excluding hydrogens is 524 g/mol. The van der Waals surface area contributed by atoms with Crippen molar-refractivity contribution in [2.45, 2.75) is 4.90 Å². The standard InChI is InChI=1S/C24H23ClN4O7S/c1-4-12-29(15-8-6-5-7-9-15)37(34,35)16-10-11-18(25)17(13-16)23(32)36-14-19(30)20-21(26)27(2)24(33)28(3)22(20)31/h4-11,13H,1,12,14,26H2,2-3H3. The minimum atomic E-state index is -4.15. The van der Waals surface area contributed by atoms with E-state index < -0.39 is 45.2 Å². The number of nitrogens with zero attached hydrogens (tertiary/aromatic N) is 3. The second-order valence-electron chi connectivity index (χ2n) is 7.77. The molecule has 0 amide bonds. The molecule has 0 atom stereocenters. The van der Waals surface area contributed by atoms with Gasteiger partial charge in [-0.15, -0.1) is 6.58 Å². The molecule has 0 aliphatic carbocycles. The summed E-state index contributed by atoms with van der Waals surface area (Å²) in [5, 5.41) is -0.121. The van der Waals surface area contributed by atoms with Gasteiger partial charge in [-0.3, -0.25) is 23.0 Å². The number of carbonyl (C=O) groups is 2. The molecule has 0 spiro atoms. The third-order valence-corrected chi connectivity index (χ3v) is 7.53. The average Bonchev–Trinajstić information content (AvgIpc) is 2.88. The number of ether oxygens (including phenoxy) is 1. The quantitative estimate of drug-likeness (QED) is 0.242. The first-order valence-corrected chi connectivity index (χ1v) is 12.5. The molecule has 0 aliphatic heterocycles. The van der Waals surface area contributed by atoms with Crippen molar-refractivity contribution in [2.75, 3.05) is 23.2 Å². The number of anilines is 2. The van der Waals surface area contributed by atoms with Gasteiger partial charge in [-0.2, -0.15) is 0 Å². The van der Waals surface area contributed by atoms with Crippen molar-refractivity contribution < 1.29 is 22.7 Å². The van der Waals surface area contributed by atoms with Gasteiger partial charge < -0.3 is 10.5 Å². The molecule has 0 saturated carbocycles. The number of sulfonamides is 1. The monoisotopic (exact) mass is 546 g/mol. The van der Waals surface area contributed by atoms with E-state index in [0.717, 1.165) is 14.9 Å². The van der Waals surface area contributed by atoms with Crippen LogP contribution in [0.2, 0.25) is 5.02 Å². The van der Waals surface area contributed by atoms with Crippen LogP contribution in [-0.4, -0.2) is 42.5 Å². The van der Waals surface area contributed by atoms with Crippen LogP contribution in [0.25, 0.3) is 0 Å². The molecule has 1 aromatic heterocycles. The third kappa shape index (κ3) is 5.34. The highest BCUT2D eigenvalue weighted by Gasteiger charge is 2.27. The van der Waals surface area contributed by atoms with Crippen molar-refractivity contribution in [3.63, 3.8) is 0 Å². The Hall–Kier alpha value is -4.16. The summed E-state index contributed by atoms with van der Waals surface area (Å²) >= 11 is 6.12. The first-order chi connectivity index (χ1) is 17.4. The predicted octanol–water partition coefficient (Wildman–Crippen LogP) is 1.74. The zero-order valence-corrected chi connectivity index (χ0v) is 21.5. The SMILES string of the molecule is C=CCN(c1ccccc1)S(=O)(=O)c1ccc(Cl)c(C(=O)OCC(=O)c2c(N)n(C)c(=O)n(C)c2=O)c1. The Morgan fingerprint density at radius 1 is 1.11 bits per heavy atom. The van der Waals surface area contributed by atoms with E-state index in [1.54, 1.807) is 30.3 Å². The molecule has 0 bridgehead atoms. The molecule has 3 rings (SSSR count). The van der Waals surface area contributed by atoms with Crippen LogP contribution in [0, 0.1) is 0 Å². The molecule has 13 heteroatoms. The van der Waals surface area contributed by atoms with Crippen LogP contribution >= 0.6 is 11.6 Å². The van der Waals surface area contributed by atoms with Crippen molar-refractivity contribution in [1.29, 1.82) is 0 Å². The topological polar surface area (TPSA) is 151 Å². The largest absolute Gasteiger partial charge is 0.454 e. The molecule has 0 unspecified atom stereocenters. The van der Waals surface area contributed by atoms with Crippen molar-refractivity contribution in [2.24, 2.45) is 14.1 Å². The summed E-state index contributed by atoms with van der Waals surface area (Å²) < 4.78 is 34.5.